The Balaban J connectivity index is 1.69. The van der Waals surface area contributed by atoms with Crippen LogP contribution in [0.15, 0.2) is 22.8 Å². The van der Waals surface area contributed by atoms with Crippen molar-refractivity contribution in [1.82, 2.24) is 9.88 Å². The molecule has 1 saturated heterocycles. The van der Waals surface area contributed by atoms with Crippen molar-refractivity contribution in [2.45, 2.75) is 44.7 Å². The first-order valence-electron chi connectivity index (χ1n) is 7.11. The fourth-order valence-corrected chi connectivity index (χ4v) is 3.70. The van der Waals surface area contributed by atoms with Crippen molar-refractivity contribution in [2.75, 3.05) is 6.54 Å². The highest BCUT2D eigenvalue weighted by atomic mass is 79.9. The number of Topliss-reactive ketones (excluding diaryl/α,β-unsaturated/α-hetero) is 1. The van der Waals surface area contributed by atoms with E-state index in [1.807, 2.05) is 12.3 Å². The number of nitrogens with zero attached hydrogens (tertiary/aromatic N) is 2. The second-order valence-electron chi connectivity index (χ2n) is 5.61. The quantitative estimate of drug-likeness (QED) is 0.857. The number of ketones is 1. The Kier molecular flexibility index (Phi) is 3.99. The number of rotatable bonds is 3. The standard InChI is InChI=1S/C15H19BrN2O/c16-11-6-7-12(17-9-11)10-18-8-2-4-14(18)13-3-1-5-15(13)19/h6-7,9,13-14H,1-5,8,10H2. The van der Waals surface area contributed by atoms with E-state index < -0.39 is 0 Å². The molecule has 2 fully saturated rings. The molecule has 1 aliphatic carbocycles. The Labute approximate surface area is 122 Å². The van der Waals surface area contributed by atoms with E-state index in [-0.39, 0.29) is 5.92 Å². The first-order valence-corrected chi connectivity index (χ1v) is 7.90. The van der Waals surface area contributed by atoms with Gasteiger partial charge in [0.05, 0.1) is 5.69 Å². The highest BCUT2D eigenvalue weighted by Crippen LogP contribution is 2.33. The van der Waals surface area contributed by atoms with E-state index in [0.29, 0.717) is 11.8 Å². The van der Waals surface area contributed by atoms with Crippen LogP contribution in [0.25, 0.3) is 0 Å². The van der Waals surface area contributed by atoms with Gasteiger partial charge in [0.1, 0.15) is 5.78 Å². The predicted octanol–water partition coefficient (Wildman–Crippen LogP) is 3.18. The number of pyridine rings is 1. The topological polar surface area (TPSA) is 33.2 Å². The first-order chi connectivity index (χ1) is 9.24. The van der Waals surface area contributed by atoms with Crippen LogP contribution >= 0.6 is 15.9 Å². The molecule has 19 heavy (non-hydrogen) atoms. The summed E-state index contributed by atoms with van der Waals surface area (Å²) in [6.45, 7) is 1.98. The van der Waals surface area contributed by atoms with Crippen molar-refractivity contribution in [2.24, 2.45) is 5.92 Å². The second-order valence-corrected chi connectivity index (χ2v) is 6.53. The van der Waals surface area contributed by atoms with Crippen molar-refractivity contribution in [3.8, 4) is 0 Å². The van der Waals surface area contributed by atoms with Crippen LogP contribution in [0, 0.1) is 5.92 Å². The molecule has 1 aromatic rings. The van der Waals surface area contributed by atoms with Crippen molar-refractivity contribution in [3.63, 3.8) is 0 Å². The maximum absolute atomic E-state index is 12.0. The van der Waals surface area contributed by atoms with Crippen LogP contribution in [-0.2, 0) is 11.3 Å². The molecule has 1 saturated carbocycles. The molecule has 0 radical (unpaired) electrons. The average Bonchev–Trinajstić information content (AvgIpc) is 3.01. The van der Waals surface area contributed by atoms with E-state index in [4.69, 9.17) is 0 Å². The van der Waals surface area contributed by atoms with E-state index in [0.717, 1.165) is 42.5 Å². The molecular weight excluding hydrogens is 304 g/mol. The molecule has 0 bridgehead atoms. The highest BCUT2D eigenvalue weighted by molar-refractivity contribution is 9.10. The molecule has 2 unspecified atom stereocenters. The average molecular weight is 323 g/mol. The van der Waals surface area contributed by atoms with Gasteiger partial charge in [-0.15, -0.1) is 0 Å². The van der Waals surface area contributed by atoms with Crippen LogP contribution in [0.2, 0.25) is 0 Å². The molecule has 0 N–H and O–H groups in total. The van der Waals surface area contributed by atoms with Gasteiger partial charge >= 0.3 is 0 Å². The van der Waals surface area contributed by atoms with Crippen molar-refractivity contribution < 1.29 is 4.79 Å². The Morgan fingerprint density at radius 2 is 2.21 bits per heavy atom. The van der Waals surface area contributed by atoms with E-state index in [9.17, 15) is 4.79 Å². The lowest BCUT2D eigenvalue weighted by atomic mass is 9.95. The van der Waals surface area contributed by atoms with Gasteiger partial charge in [0.2, 0.25) is 0 Å². The molecule has 4 heteroatoms. The Hall–Kier alpha value is -0.740. The van der Waals surface area contributed by atoms with Crippen LogP contribution in [0.1, 0.15) is 37.8 Å². The minimum atomic E-state index is 0.290. The van der Waals surface area contributed by atoms with Gasteiger partial charge in [-0.3, -0.25) is 14.7 Å². The summed E-state index contributed by atoms with van der Waals surface area (Å²) < 4.78 is 1.01. The highest BCUT2D eigenvalue weighted by Gasteiger charge is 2.37. The number of likely N-dealkylation sites (tertiary alicyclic amines) is 1. The summed E-state index contributed by atoms with van der Waals surface area (Å²) in [5.74, 6) is 0.776. The molecule has 0 amide bonds. The molecule has 2 atom stereocenters. The lowest BCUT2D eigenvalue weighted by molar-refractivity contribution is -0.122. The second kappa shape index (κ2) is 5.71. The molecular formula is C15H19BrN2O. The lowest BCUT2D eigenvalue weighted by Gasteiger charge is -2.28. The monoisotopic (exact) mass is 322 g/mol. The number of carbonyl (C=O) groups is 1. The van der Waals surface area contributed by atoms with Gasteiger partial charge in [-0.2, -0.15) is 0 Å². The lowest BCUT2D eigenvalue weighted by Crippen LogP contribution is -2.37. The fraction of sp³-hybridized carbons (Fsp3) is 0.600. The third-order valence-corrected chi connectivity index (χ3v) is 4.85. The largest absolute Gasteiger partial charge is 0.299 e. The minimum absolute atomic E-state index is 0.290. The summed E-state index contributed by atoms with van der Waals surface area (Å²) in [7, 11) is 0. The summed E-state index contributed by atoms with van der Waals surface area (Å²) in [6.07, 6.45) is 7.21. The van der Waals surface area contributed by atoms with E-state index >= 15 is 0 Å². The summed E-state index contributed by atoms with van der Waals surface area (Å²) in [4.78, 5) is 18.9. The summed E-state index contributed by atoms with van der Waals surface area (Å²) in [5, 5.41) is 0. The van der Waals surface area contributed by atoms with Gasteiger partial charge in [0.15, 0.2) is 0 Å². The molecule has 1 aromatic heterocycles. The van der Waals surface area contributed by atoms with Gasteiger partial charge in [-0.1, -0.05) is 0 Å². The molecule has 0 aromatic carbocycles. The zero-order valence-corrected chi connectivity index (χ0v) is 12.6. The van der Waals surface area contributed by atoms with Gasteiger partial charge < -0.3 is 0 Å². The van der Waals surface area contributed by atoms with E-state index in [2.05, 4.69) is 31.9 Å². The van der Waals surface area contributed by atoms with E-state index in [1.165, 1.54) is 12.8 Å². The molecule has 3 nitrogen and oxygen atoms in total. The third-order valence-electron chi connectivity index (χ3n) is 4.38. The van der Waals surface area contributed by atoms with Gasteiger partial charge in [-0.05, 0) is 60.3 Å². The zero-order valence-electron chi connectivity index (χ0n) is 11.0. The Bertz CT molecular complexity index is 460. The SMILES string of the molecule is O=C1CCCC1C1CCCN1Cc1ccc(Br)cn1. The normalized spacial score (nSPS) is 28.2. The van der Waals surface area contributed by atoms with Crippen LogP contribution in [0.4, 0.5) is 0 Å². The number of hydrogen-bond donors (Lipinski definition) is 0. The van der Waals surface area contributed by atoms with Crippen molar-refractivity contribution in [1.29, 1.82) is 0 Å². The van der Waals surface area contributed by atoms with Gasteiger partial charge in [0, 0.05) is 35.6 Å². The predicted molar refractivity (Wildman–Crippen MR) is 77.7 cm³/mol. The number of halogens is 1. The number of hydrogen-bond acceptors (Lipinski definition) is 3. The molecule has 1 aliphatic heterocycles. The van der Waals surface area contributed by atoms with Crippen LogP contribution in [0.5, 0.6) is 0 Å². The van der Waals surface area contributed by atoms with Crippen LogP contribution in [-0.4, -0.2) is 28.3 Å². The summed E-state index contributed by atoms with van der Waals surface area (Å²) >= 11 is 3.41. The fourth-order valence-electron chi connectivity index (χ4n) is 3.46. The third kappa shape index (κ3) is 2.90. The van der Waals surface area contributed by atoms with Crippen LogP contribution < -0.4 is 0 Å². The summed E-state index contributed by atoms with van der Waals surface area (Å²) in [6, 6.07) is 4.56. The number of aromatic nitrogens is 1. The number of carbonyl (C=O) groups excluding carboxylic acids is 1. The molecule has 0 spiro atoms. The van der Waals surface area contributed by atoms with Crippen molar-refractivity contribution in [3.05, 3.63) is 28.5 Å². The Morgan fingerprint density at radius 3 is 2.89 bits per heavy atom. The maximum Gasteiger partial charge on any atom is 0.137 e. The van der Waals surface area contributed by atoms with Crippen molar-refractivity contribution >= 4 is 21.7 Å². The smallest absolute Gasteiger partial charge is 0.137 e. The first kappa shape index (κ1) is 13.3. The van der Waals surface area contributed by atoms with E-state index in [1.54, 1.807) is 0 Å². The summed E-state index contributed by atoms with van der Waals surface area (Å²) in [5.41, 5.74) is 1.10. The molecule has 2 heterocycles. The molecule has 2 aliphatic rings. The Morgan fingerprint density at radius 1 is 1.32 bits per heavy atom. The minimum Gasteiger partial charge on any atom is -0.299 e. The van der Waals surface area contributed by atoms with Gasteiger partial charge in [0.25, 0.3) is 0 Å². The van der Waals surface area contributed by atoms with Crippen LogP contribution in [0.3, 0.4) is 0 Å². The zero-order chi connectivity index (χ0) is 13.2. The van der Waals surface area contributed by atoms with Gasteiger partial charge in [-0.25, -0.2) is 0 Å². The molecule has 3 rings (SSSR count). The maximum atomic E-state index is 12.0. The molecule has 102 valence electrons.